The first-order valence-electron chi connectivity index (χ1n) is 25.2. The van der Waals surface area contributed by atoms with E-state index in [1.54, 1.807) is 13.8 Å². The maximum Gasteiger partial charge on any atom is 0.306 e. The molecule has 17 heteroatoms. The van der Waals surface area contributed by atoms with E-state index >= 15 is 0 Å². The Kier molecular flexibility index (Phi) is 14.3. The summed E-state index contributed by atoms with van der Waals surface area (Å²) in [4.78, 5) is 12.3. The lowest BCUT2D eigenvalue weighted by Gasteiger charge is -2.58. The molecule has 17 nitrogen and oxygen atoms in total. The lowest BCUT2D eigenvalue weighted by atomic mass is 9.47. The van der Waals surface area contributed by atoms with Crippen molar-refractivity contribution in [1.29, 1.82) is 0 Å². The molecule has 0 unspecified atom stereocenters. The van der Waals surface area contributed by atoms with Gasteiger partial charge in [-0.2, -0.15) is 0 Å². The summed E-state index contributed by atoms with van der Waals surface area (Å²) in [6.07, 6.45) is -9.92. The normalized spacial score (nSPS) is 54.8. The highest BCUT2D eigenvalue weighted by atomic mass is 16.8. The summed E-state index contributed by atoms with van der Waals surface area (Å²) in [5.74, 6) is 2.02. The quantitative estimate of drug-likeness (QED) is 0.123. The molecule has 0 radical (unpaired) electrons. The van der Waals surface area contributed by atoms with Crippen LogP contribution in [0.4, 0.5) is 0 Å². The number of rotatable bonds is 10. The summed E-state index contributed by atoms with van der Waals surface area (Å²) >= 11 is 0. The van der Waals surface area contributed by atoms with Gasteiger partial charge < -0.3 is 78.4 Å². The number of carbonyl (C=O) groups is 1. The van der Waals surface area contributed by atoms with E-state index in [1.807, 2.05) is 0 Å². The molecule has 9 rings (SSSR count). The van der Waals surface area contributed by atoms with Gasteiger partial charge in [0.05, 0.1) is 37.6 Å². The molecule has 0 bridgehead atoms. The van der Waals surface area contributed by atoms with Crippen LogP contribution in [0.5, 0.6) is 0 Å². The molecule has 7 N–H and O–H groups in total. The van der Waals surface area contributed by atoms with Crippen molar-refractivity contribution in [2.45, 2.75) is 229 Å². The van der Waals surface area contributed by atoms with Crippen LogP contribution < -0.4 is 0 Å². The number of ether oxygens (including phenoxy) is 9. The molecule has 66 heavy (non-hydrogen) atoms. The Bertz CT molecular complexity index is 1740. The molecule has 26 atom stereocenters. The maximum absolute atomic E-state index is 12.3. The number of hydrogen-bond acceptors (Lipinski definition) is 17. The van der Waals surface area contributed by atoms with Gasteiger partial charge in [0.1, 0.15) is 54.9 Å². The predicted molar refractivity (Wildman–Crippen MR) is 232 cm³/mol. The smallest absolute Gasteiger partial charge is 0.306 e. The topological polar surface area (TPSA) is 242 Å². The molecule has 0 aromatic rings. The molecular weight excluding hydrogens is 861 g/mol. The van der Waals surface area contributed by atoms with E-state index in [4.69, 9.17) is 42.6 Å². The van der Waals surface area contributed by atoms with Gasteiger partial charge in [0.25, 0.3) is 0 Å². The van der Waals surface area contributed by atoms with E-state index in [2.05, 4.69) is 33.8 Å². The number of aliphatic hydroxyl groups is 7. The molecule has 0 aromatic heterocycles. The van der Waals surface area contributed by atoms with Crippen LogP contribution in [0.1, 0.15) is 119 Å². The van der Waals surface area contributed by atoms with Crippen LogP contribution in [0.2, 0.25) is 0 Å². The van der Waals surface area contributed by atoms with Gasteiger partial charge in [0, 0.05) is 18.8 Å². The van der Waals surface area contributed by atoms with Crippen molar-refractivity contribution >= 4 is 5.97 Å². The second kappa shape index (κ2) is 19.0. The second-order valence-corrected chi connectivity index (χ2v) is 22.3. The Labute approximate surface area is 388 Å². The first-order valence-corrected chi connectivity index (χ1v) is 25.2. The molecule has 5 aliphatic heterocycles. The highest BCUT2D eigenvalue weighted by Crippen LogP contribution is 2.70. The summed E-state index contributed by atoms with van der Waals surface area (Å²) in [5, 5.41) is 77.2. The molecule has 0 aromatic carbocycles. The monoisotopic (exact) mass is 939 g/mol. The van der Waals surface area contributed by atoms with Crippen molar-refractivity contribution in [3.05, 3.63) is 11.6 Å². The third-order valence-electron chi connectivity index (χ3n) is 18.3. The number of fused-ring (bicyclic) bond motifs is 7. The van der Waals surface area contributed by atoms with Gasteiger partial charge in [-0.1, -0.05) is 46.3 Å². The average molecular weight is 939 g/mol. The fraction of sp³-hybridized carbons (Fsp3) is 0.939. The summed E-state index contributed by atoms with van der Waals surface area (Å²) in [6, 6.07) is 0. The van der Waals surface area contributed by atoms with Crippen LogP contribution in [0, 0.1) is 46.3 Å². The molecule has 8 fully saturated rings. The van der Waals surface area contributed by atoms with E-state index in [0.717, 1.165) is 51.6 Å². The molecule has 0 amide bonds. The number of hydrogen-bond donors (Lipinski definition) is 7. The third-order valence-corrected chi connectivity index (χ3v) is 18.3. The van der Waals surface area contributed by atoms with Crippen LogP contribution in [0.3, 0.4) is 0 Å². The highest BCUT2D eigenvalue weighted by molar-refractivity contribution is 5.69. The standard InChI is InChI=1S/C49H78O17/c1-8-9-33(51)63-41-25(5)60-45(39(56)37(41)54)64-42-32(20-50)62-46(43(40(42)57)65-44-38(55)36(53)35(52)24(4)59-44)61-27-13-15-47(6)26(18-27)10-11-28-29(47)14-16-48(7)30(28)19-31-34(48)23(3)49(66-31)17-12-22(2)21-58-49/h10,22-25,27-32,34-46,50,52-57H,8-9,11-21H2,1-7H3/t22-,23+,24+,25+,27+,28-,29+,30+,31+,32-,34+,35+,36-,37+,38-,39-,40+,41+,42-,43-,44+,45+,46-,47+,48+,49-/m1/s1. The minimum absolute atomic E-state index is 0.0312. The number of esters is 1. The molecule has 3 saturated carbocycles. The fourth-order valence-electron chi connectivity index (χ4n) is 14.5. The molecule has 5 heterocycles. The summed E-state index contributed by atoms with van der Waals surface area (Å²) < 4.78 is 56.1. The minimum atomic E-state index is -1.74. The first-order chi connectivity index (χ1) is 31.3. The Balaban J connectivity index is 0.906. The minimum Gasteiger partial charge on any atom is -0.457 e. The zero-order chi connectivity index (χ0) is 47.2. The lowest BCUT2D eigenvalue weighted by molar-refractivity contribution is -0.388. The van der Waals surface area contributed by atoms with Crippen molar-refractivity contribution in [3.8, 4) is 0 Å². The van der Waals surface area contributed by atoms with Crippen molar-refractivity contribution in [1.82, 2.24) is 0 Å². The molecule has 5 saturated heterocycles. The van der Waals surface area contributed by atoms with Crippen LogP contribution in [0.15, 0.2) is 11.6 Å². The van der Waals surface area contributed by atoms with E-state index in [-0.39, 0.29) is 29.5 Å². The Morgan fingerprint density at radius 2 is 1.47 bits per heavy atom. The predicted octanol–water partition coefficient (Wildman–Crippen LogP) is 2.59. The van der Waals surface area contributed by atoms with Crippen molar-refractivity contribution in [3.63, 3.8) is 0 Å². The molecule has 376 valence electrons. The third kappa shape index (κ3) is 8.46. The average Bonchev–Trinajstić information content (AvgIpc) is 3.74. The Morgan fingerprint density at radius 3 is 2.17 bits per heavy atom. The molecular formula is C49H78O17. The fourth-order valence-corrected chi connectivity index (χ4v) is 14.5. The first kappa shape index (κ1) is 49.6. The number of carbonyl (C=O) groups excluding carboxylic acids is 1. The zero-order valence-corrected chi connectivity index (χ0v) is 39.8. The van der Waals surface area contributed by atoms with Crippen LogP contribution >= 0.6 is 0 Å². The van der Waals surface area contributed by atoms with Crippen LogP contribution in [-0.2, 0) is 47.4 Å². The van der Waals surface area contributed by atoms with E-state index in [0.29, 0.717) is 54.8 Å². The van der Waals surface area contributed by atoms with Gasteiger partial charge in [0.2, 0.25) is 0 Å². The van der Waals surface area contributed by atoms with Crippen molar-refractivity contribution in [2.75, 3.05) is 13.2 Å². The Morgan fingerprint density at radius 1 is 0.758 bits per heavy atom. The number of aliphatic hydroxyl groups excluding tert-OH is 7. The van der Waals surface area contributed by atoms with Crippen molar-refractivity contribution in [2.24, 2.45) is 46.3 Å². The van der Waals surface area contributed by atoms with Crippen LogP contribution in [-0.4, -0.2) is 165 Å². The summed E-state index contributed by atoms with van der Waals surface area (Å²) in [5.41, 5.74) is 1.50. The molecule has 4 aliphatic carbocycles. The summed E-state index contributed by atoms with van der Waals surface area (Å²) in [7, 11) is 0. The van der Waals surface area contributed by atoms with Gasteiger partial charge >= 0.3 is 5.97 Å². The van der Waals surface area contributed by atoms with Crippen LogP contribution in [0.25, 0.3) is 0 Å². The van der Waals surface area contributed by atoms with Gasteiger partial charge in [-0.05, 0) is 112 Å². The van der Waals surface area contributed by atoms with Gasteiger partial charge in [-0.25, -0.2) is 0 Å². The lowest BCUT2D eigenvalue weighted by Crippen LogP contribution is -2.66. The Hall–Kier alpha value is -1.39. The molecule has 1 spiro atoms. The van der Waals surface area contributed by atoms with E-state index < -0.39 is 110 Å². The van der Waals surface area contributed by atoms with Crippen molar-refractivity contribution < 1.29 is 83.2 Å². The zero-order valence-electron chi connectivity index (χ0n) is 39.8. The second-order valence-electron chi connectivity index (χ2n) is 22.3. The maximum atomic E-state index is 12.3. The van der Waals surface area contributed by atoms with Gasteiger partial charge in [-0.15, -0.1) is 0 Å². The van der Waals surface area contributed by atoms with E-state index in [9.17, 15) is 40.5 Å². The summed E-state index contributed by atoms with van der Waals surface area (Å²) in [6.45, 7) is 14.6. The van der Waals surface area contributed by atoms with E-state index in [1.165, 1.54) is 12.5 Å². The molecule has 9 aliphatic rings. The highest BCUT2D eigenvalue weighted by Gasteiger charge is 2.69. The number of allylic oxidation sites excluding steroid dienone is 1. The van der Waals surface area contributed by atoms with Gasteiger partial charge in [-0.3, -0.25) is 4.79 Å². The largest absolute Gasteiger partial charge is 0.457 e. The van der Waals surface area contributed by atoms with Gasteiger partial charge in [0.15, 0.2) is 30.8 Å². The SMILES string of the molecule is CCCC(=O)O[C@@H]1[C@@H](O)[C@@H](O)[C@H](O[C@H]2[C@H](O)[C@@H](O[C@@H]3O[C@@H](C)[C@H](O)[C@@H](O)[C@H]3O)[C@H](O[C@H]3CC[C@@]4(C)C(=CC[C@H]5[C@@H]6C[C@@H]7O[C@]8(CC[C@@H](C)CO8)[C@@H](C)[C@@H]7[C@@]6(C)CC[C@@H]54)C3)O[C@@H]2CO)O[C@H]1C.